The summed E-state index contributed by atoms with van der Waals surface area (Å²) in [5.74, 6) is 0.691. The molecule has 2 nitrogen and oxygen atoms in total. The third-order valence-electron chi connectivity index (χ3n) is 3.34. The smallest absolute Gasteiger partial charge is 0.0843 e. The van der Waals surface area contributed by atoms with Gasteiger partial charge in [-0.1, -0.05) is 13.8 Å². The second kappa shape index (κ2) is 4.63. The summed E-state index contributed by atoms with van der Waals surface area (Å²) in [5, 5.41) is 9.82. The van der Waals surface area contributed by atoms with Crippen molar-refractivity contribution in [2.45, 2.75) is 71.2 Å². The first-order valence-electron chi connectivity index (χ1n) is 5.80. The number of aliphatic hydroxyl groups excluding tert-OH is 1. The van der Waals surface area contributed by atoms with Crippen LogP contribution in [0.2, 0.25) is 0 Å². The van der Waals surface area contributed by atoms with Crippen molar-refractivity contribution in [3.63, 3.8) is 0 Å². The van der Waals surface area contributed by atoms with E-state index in [-0.39, 0.29) is 17.8 Å². The first-order chi connectivity index (χ1) is 6.44. The average molecular weight is 200 g/mol. The molecule has 3 atom stereocenters. The summed E-state index contributed by atoms with van der Waals surface area (Å²) in [6.07, 6.45) is 3.82. The molecule has 1 rings (SSSR count). The Hall–Kier alpha value is -0.0800. The van der Waals surface area contributed by atoms with E-state index in [4.69, 9.17) is 4.74 Å². The summed E-state index contributed by atoms with van der Waals surface area (Å²) in [6, 6.07) is 0. The third-order valence-corrected chi connectivity index (χ3v) is 3.34. The number of rotatable bonds is 3. The average Bonchev–Trinajstić information content (AvgIpc) is 2.11. The van der Waals surface area contributed by atoms with Crippen molar-refractivity contribution in [2.75, 3.05) is 0 Å². The molecule has 1 aliphatic carbocycles. The monoisotopic (exact) mass is 200 g/mol. The van der Waals surface area contributed by atoms with Gasteiger partial charge in [-0.2, -0.15) is 0 Å². The summed E-state index contributed by atoms with van der Waals surface area (Å²) in [7, 11) is 0. The highest BCUT2D eigenvalue weighted by molar-refractivity contribution is 4.81. The normalized spacial score (nSPS) is 34.5. The molecule has 1 saturated carbocycles. The van der Waals surface area contributed by atoms with Crippen molar-refractivity contribution in [1.82, 2.24) is 0 Å². The van der Waals surface area contributed by atoms with Crippen LogP contribution in [0.25, 0.3) is 0 Å². The van der Waals surface area contributed by atoms with E-state index in [2.05, 4.69) is 27.7 Å². The van der Waals surface area contributed by atoms with Crippen LogP contribution < -0.4 is 0 Å². The summed E-state index contributed by atoms with van der Waals surface area (Å²) >= 11 is 0. The SMILES string of the molecule is CCC(C)(C)OC1CC(C)CCC1O. The van der Waals surface area contributed by atoms with Gasteiger partial charge < -0.3 is 9.84 Å². The zero-order valence-corrected chi connectivity index (χ0v) is 9.92. The van der Waals surface area contributed by atoms with Gasteiger partial charge in [0.05, 0.1) is 17.8 Å². The van der Waals surface area contributed by atoms with Crippen molar-refractivity contribution < 1.29 is 9.84 Å². The van der Waals surface area contributed by atoms with Crippen LogP contribution in [0.3, 0.4) is 0 Å². The Morgan fingerprint density at radius 1 is 1.36 bits per heavy atom. The van der Waals surface area contributed by atoms with Crippen molar-refractivity contribution in [2.24, 2.45) is 5.92 Å². The van der Waals surface area contributed by atoms with Crippen LogP contribution in [0.1, 0.15) is 53.4 Å². The van der Waals surface area contributed by atoms with Crippen molar-refractivity contribution in [3.8, 4) is 0 Å². The van der Waals surface area contributed by atoms with Gasteiger partial charge in [0.2, 0.25) is 0 Å². The summed E-state index contributed by atoms with van der Waals surface area (Å²) in [5.41, 5.74) is -0.0945. The highest BCUT2D eigenvalue weighted by Crippen LogP contribution is 2.30. The molecule has 2 heteroatoms. The van der Waals surface area contributed by atoms with Crippen LogP contribution in [-0.2, 0) is 4.74 Å². The van der Waals surface area contributed by atoms with Crippen LogP contribution >= 0.6 is 0 Å². The molecular formula is C12H24O2. The number of aliphatic hydroxyl groups is 1. The lowest BCUT2D eigenvalue weighted by atomic mass is 9.86. The van der Waals surface area contributed by atoms with E-state index in [0.717, 1.165) is 25.7 Å². The first-order valence-corrected chi connectivity index (χ1v) is 5.80. The van der Waals surface area contributed by atoms with Gasteiger partial charge in [-0.25, -0.2) is 0 Å². The highest BCUT2D eigenvalue weighted by Gasteiger charge is 2.31. The predicted octanol–water partition coefficient (Wildman–Crippen LogP) is 2.74. The first kappa shape index (κ1) is 12.0. The topological polar surface area (TPSA) is 29.5 Å². The van der Waals surface area contributed by atoms with Crippen molar-refractivity contribution >= 4 is 0 Å². The molecular weight excluding hydrogens is 176 g/mol. The fourth-order valence-electron chi connectivity index (χ4n) is 1.93. The molecule has 0 saturated heterocycles. The van der Waals surface area contributed by atoms with Gasteiger partial charge in [0.25, 0.3) is 0 Å². The van der Waals surface area contributed by atoms with Crippen LogP contribution in [0.15, 0.2) is 0 Å². The Bertz CT molecular complexity index is 177. The molecule has 0 heterocycles. The van der Waals surface area contributed by atoms with Crippen LogP contribution in [0.4, 0.5) is 0 Å². The third kappa shape index (κ3) is 3.25. The molecule has 0 bridgehead atoms. The van der Waals surface area contributed by atoms with E-state index in [1.165, 1.54) is 0 Å². The van der Waals surface area contributed by atoms with Crippen LogP contribution in [0, 0.1) is 5.92 Å². The zero-order chi connectivity index (χ0) is 10.8. The van der Waals surface area contributed by atoms with Gasteiger partial charge in [0.1, 0.15) is 0 Å². The molecule has 0 amide bonds. The Morgan fingerprint density at radius 2 is 2.00 bits per heavy atom. The van der Waals surface area contributed by atoms with Gasteiger partial charge in [-0.05, 0) is 45.4 Å². The second-order valence-electron chi connectivity index (χ2n) is 5.26. The Balaban J connectivity index is 2.49. The molecule has 1 N–H and O–H groups in total. The molecule has 84 valence electrons. The maximum Gasteiger partial charge on any atom is 0.0843 e. The molecule has 0 aromatic rings. The Labute approximate surface area is 87.7 Å². The van der Waals surface area contributed by atoms with Crippen LogP contribution in [0.5, 0.6) is 0 Å². The lowest BCUT2D eigenvalue weighted by molar-refractivity contribution is -0.139. The summed E-state index contributed by atoms with van der Waals surface area (Å²) in [4.78, 5) is 0. The molecule has 3 unspecified atom stereocenters. The standard InChI is InChI=1S/C12H24O2/c1-5-12(3,4)14-11-8-9(2)6-7-10(11)13/h9-11,13H,5-8H2,1-4H3. The van der Waals surface area contributed by atoms with E-state index in [1.807, 2.05) is 0 Å². The molecule has 1 fully saturated rings. The number of hydrogen-bond acceptors (Lipinski definition) is 2. The largest absolute Gasteiger partial charge is 0.390 e. The second-order valence-corrected chi connectivity index (χ2v) is 5.26. The Morgan fingerprint density at radius 3 is 2.57 bits per heavy atom. The zero-order valence-electron chi connectivity index (χ0n) is 9.92. The maximum atomic E-state index is 9.82. The van der Waals surface area contributed by atoms with E-state index < -0.39 is 0 Å². The molecule has 0 aromatic heterocycles. The molecule has 0 aliphatic heterocycles. The van der Waals surface area contributed by atoms with E-state index in [1.54, 1.807) is 0 Å². The van der Waals surface area contributed by atoms with Gasteiger partial charge >= 0.3 is 0 Å². The van der Waals surface area contributed by atoms with Crippen LogP contribution in [-0.4, -0.2) is 22.9 Å². The fraction of sp³-hybridized carbons (Fsp3) is 1.00. The van der Waals surface area contributed by atoms with Gasteiger partial charge in [0.15, 0.2) is 0 Å². The lowest BCUT2D eigenvalue weighted by Gasteiger charge is -2.37. The van der Waals surface area contributed by atoms with Gasteiger partial charge in [0, 0.05) is 0 Å². The van der Waals surface area contributed by atoms with E-state index >= 15 is 0 Å². The predicted molar refractivity (Wildman–Crippen MR) is 58.3 cm³/mol. The van der Waals surface area contributed by atoms with E-state index in [0.29, 0.717) is 5.92 Å². The van der Waals surface area contributed by atoms with Crippen molar-refractivity contribution in [3.05, 3.63) is 0 Å². The molecule has 0 aromatic carbocycles. The van der Waals surface area contributed by atoms with Gasteiger partial charge in [-0.3, -0.25) is 0 Å². The molecule has 0 spiro atoms. The molecule has 1 aliphatic rings. The Kier molecular flexibility index (Phi) is 3.96. The maximum absolute atomic E-state index is 9.82. The minimum absolute atomic E-state index is 0.0497. The molecule has 0 radical (unpaired) electrons. The summed E-state index contributed by atoms with van der Waals surface area (Å²) < 4.78 is 5.96. The minimum atomic E-state index is -0.253. The quantitative estimate of drug-likeness (QED) is 0.759. The molecule has 14 heavy (non-hydrogen) atoms. The lowest BCUT2D eigenvalue weighted by Crippen LogP contribution is -2.41. The number of hydrogen-bond donors (Lipinski definition) is 1. The minimum Gasteiger partial charge on any atom is -0.390 e. The van der Waals surface area contributed by atoms with E-state index in [9.17, 15) is 5.11 Å². The highest BCUT2D eigenvalue weighted by atomic mass is 16.5. The van der Waals surface area contributed by atoms with Crippen molar-refractivity contribution in [1.29, 1.82) is 0 Å². The fourth-order valence-corrected chi connectivity index (χ4v) is 1.93. The van der Waals surface area contributed by atoms with Gasteiger partial charge in [-0.15, -0.1) is 0 Å². The summed E-state index contributed by atoms with van der Waals surface area (Å²) in [6.45, 7) is 8.55. The number of ether oxygens (including phenoxy) is 1.